The molecule has 0 bridgehead atoms. The van der Waals surface area contributed by atoms with E-state index in [4.69, 9.17) is 0 Å². The summed E-state index contributed by atoms with van der Waals surface area (Å²) in [6.45, 7) is 0. The molecule has 1 saturated carbocycles. The number of hydrogen-bond donors (Lipinski definition) is 0. The van der Waals surface area contributed by atoms with Gasteiger partial charge in [0.1, 0.15) is 71.3 Å². The fraction of sp³-hybridized carbons (Fsp3) is 0. The van der Waals surface area contributed by atoms with E-state index in [0.717, 1.165) is 0 Å². The zero-order valence-corrected chi connectivity index (χ0v) is 20.0. The molecule has 0 spiro atoms. The lowest BCUT2D eigenvalue weighted by atomic mass is 10.2. The molecule has 1 aliphatic carbocycles. The maximum Gasteiger partial charge on any atom is 0.236 e. The quantitative estimate of drug-likeness (QED) is 0.385. The standard InChI is InChI=1S/C24N18/c25-1-10(22-37-13(4-28)34-14(5-29)38-22)19-20(11(2-26)23-39-15(6-30)35-16(7-31)40-23)21(19)12(3-27)24-41-17(8-32)36-18(9-33)42-24. The molecule has 0 radical (unpaired) electrons. The number of hydrogen-bond acceptors (Lipinski definition) is 18. The topological polar surface area (TPSA) is 330 Å². The van der Waals surface area contributed by atoms with Crippen LogP contribution in [-0.4, -0.2) is 44.9 Å². The molecule has 3 aromatic heterocycles. The van der Waals surface area contributed by atoms with Crippen LogP contribution in [0.15, 0.2) is 16.7 Å². The summed E-state index contributed by atoms with van der Waals surface area (Å²) in [6.07, 6.45) is 0. The predicted octanol–water partition coefficient (Wildman–Crippen LogP) is -0.283. The predicted molar refractivity (Wildman–Crippen MR) is 125 cm³/mol. The number of aromatic nitrogens is 9. The second-order valence-electron chi connectivity index (χ2n) is 7.17. The zero-order valence-electron chi connectivity index (χ0n) is 20.0. The highest BCUT2D eigenvalue weighted by Crippen LogP contribution is 2.55. The van der Waals surface area contributed by atoms with Crippen LogP contribution in [0.5, 0.6) is 0 Å². The molecule has 1 fully saturated rings. The summed E-state index contributed by atoms with van der Waals surface area (Å²) in [7, 11) is 0. The Morgan fingerprint density at radius 3 is 0.643 bits per heavy atom. The Balaban J connectivity index is 2.21. The fourth-order valence-corrected chi connectivity index (χ4v) is 3.35. The highest BCUT2D eigenvalue weighted by atomic mass is 15.1. The SMILES string of the molecule is N#CC(=C1C(=C(C#N)c2nc(C#N)nc(C#N)n2)C1=C(C#N)c1nc(C#N)nc(C#N)n1)c1nc(C#N)nc(C#N)n1. The zero-order chi connectivity index (χ0) is 30.4. The lowest BCUT2D eigenvalue weighted by molar-refractivity contribution is 0.964. The van der Waals surface area contributed by atoms with Crippen LogP contribution in [0, 0.1) is 102 Å². The molecule has 4 rings (SSSR count). The van der Waals surface area contributed by atoms with E-state index in [2.05, 4.69) is 44.9 Å². The van der Waals surface area contributed by atoms with Crippen LogP contribution in [0.25, 0.3) is 16.7 Å². The molecular weight excluding hydrogens is 540 g/mol. The van der Waals surface area contributed by atoms with Crippen molar-refractivity contribution in [3.05, 3.63) is 69.1 Å². The first-order valence-corrected chi connectivity index (χ1v) is 10.5. The van der Waals surface area contributed by atoms with E-state index in [-0.39, 0.29) is 16.7 Å². The second-order valence-corrected chi connectivity index (χ2v) is 7.17. The molecular formula is C24N18. The van der Waals surface area contributed by atoms with Crippen molar-refractivity contribution < 1.29 is 0 Å². The normalized spacial score (nSPS) is 10.5. The summed E-state index contributed by atoms with van der Waals surface area (Å²) in [6, 6.07) is 15.1. The van der Waals surface area contributed by atoms with Crippen LogP contribution in [0.1, 0.15) is 52.4 Å². The highest BCUT2D eigenvalue weighted by molar-refractivity contribution is 6.10. The average Bonchev–Trinajstić information content (AvgIpc) is 3.74. The smallest absolute Gasteiger partial charge is 0.198 e. The first-order chi connectivity index (χ1) is 20.4. The van der Waals surface area contributed by atoms with E-state index in [9.17, 15) is 47.4 Å². The van der Waals surface area contributed by atoms with Gasteiger partial charge in [-0.2, -0.15) is 92.2 Å². The van der Waals surface area contributed by atoms with E-state index in [1.807, 2.05) is 0 Å². The minimum absolute atomic E-state index is 0.181. The summed E-state index contributed by atoms with van der Waals surface area (Å²) < 4.78 is 0. The maximum absolute atomic E-state index is 10.1. The van der Waals surface area contributed by atoms with E-state index in [1.54, 1.807) is 54.6 Å². The van der Waals surface area contributed by atoms with Crippen molar-refractivity contribution in [2.24, 2.45) is 0 Å². The van der Waals surface area contributed by atoms with Crippen molar-refractivity contribution in [1.82, 2.24) is 44.9 Å². The molecule has 18 heteroatoms. The van der Waals surface area contributed by atoms with Gasteiger partial charge in [0, 0.05) is 16.7 Å². The molecule has 0 N–H and O–H groups in total. The Bertz CT molecular complexity index is 1880. The van der Waals surface area contributed by atoms with Gasteiger partial charge in [0.25, 0.3) is 0 Å². The Kier molecular flexibility index (Phi) is 6.97. The van der Waals surface area contributed by atoms with Crippen molar-refractivity contribution in [2.75, 3.05) is 0 Å². The Morgan fingerprint density at radius 1 is 0.310 bits per heavy atom. The van der Waals surface area contributed by atoms with Crippen molar-refractivity contribution in [3.8, 4) is 54.6 Å². The molecule has 42 heavy (non-hydrogen) atoms. The molecule has 186 valence electrons. The van der Waals surface area contributed by atoms with Gasteiger partial charge in [0.15, 0.2) is 17.5 Å². The minimum Gasteiger partial charge on any atom is -0.198 e. The number of rotatable bonds is 3. The Hall–Kier alpha value is -8.34. The van der Waals surface area contributed by atoms with E-state index in [0.29, 0.717) is 0 Å². The van der Waals surface area contributed by atoms with E-state index in [1.165, 1.54) is 0 Å². The molecule has 3 heterocycles. The molecule has 3 aromatic rings. The van der Waals surface area contributed by atoms with Crippen molar-refractivity contribution in [1.29, 1.82) is 47.4 Å². The molecule has 0 unspecified atom stereocenters. The van der Waals surface area contributed by atoms with Crippen LogP contribution in [0.4, 0.5) is 0 Å². The van der Waals surface area contributed by atoms with Gasteiger partial charge in [0.05, 0.1) is 0 Å². The third kappa shape index (κ3) is 4.69. The third-order valence-corrected chi connectivity index (χ3v) is 4.95. The van der Waals surface area contributed by atoms with Gasteiger partial charge >= 0.3 is 0 Å². The van der Waals surface area contributed by atoms with Gasteiger partial charge in [-0.05, 0) is 0 Å². The van der Waals surface area contributed by atoms with Crippen LogP contribution in [0.3, 0.4) is 0 Å². The van der Waals surface area contributed by atoms with Crippen LogP contribution >= 0.6 is 0 Å². The van der Waals surface area contributed by atoms with Gasteiger partial charge < -0.3 is 0 Å². The van der Waals surface area contributed by atoms with Crippen LogP contribution in [-0.2, 0) is 0 Å². The molecule has 0 amide bonds. The molecule has 0 saturated heterocycles. The lowest BCUT2D eigenvalue weighted by Crippen LogP contribution is -2.03. The average molecular weight is 540 g/mol. The van der Waals surface area contributed by atoms with Crippen LogP contribution in [0.2, 0.25) is 0 Å². The molecule has 18 nitrogen and oxygen atoms in total. The first-order valence-electron chi connectivity index (χ1n) is 10.5. The number of allylic oxidation sites excluding steroid dienone is 6. The Labute approximate surface area is 232 Å². The molecule has 1 aliphatic rings. The summed E-state index contributed by atoms with van der Waals surface area (Å²) in [5.74, 6) is -4.56. The second kappa shape index (κ2) is 11.0. The summed E-state index contributed by atoms with van der Waals surface area (Å²) >= 11 is 0. The minimum atomic E-state index is -0.521. The van der Waals surface area contributed by atoms with Crippen molar-refractivity contribution in [3.63, 3.8) is 0 Å². The highest BCUT2D eigenvalue weighted by Gasteiger charge is 2.43. The van der Waals surface area contributed by atoms with Gasteiger partial charge in [-0.15, -0.1) is 0 Å². The van der Waals surface area contributed by atoms with Gasteiger partial charge in [-0.1, -0.05) is 0 Å². The number of nitrogens with zero attached hydrogens (tertiary/aromatic N) is 18. The maximum atomic E-state index is 10.1. The number of nitriles is 9. The monoisotopic (exact) mass is 540 g/mol. The molecule has 0 aromatic carbocycles. The summed E-state index contributed by atoms with van der Waals surface area (Å²) in [5, 5.41) is 85.9. The first kappa shape index (κ1) is 26.7. The van der Waals surface area contributed by atoms with E-state index >= 15 is 0 Å². The largest absolute Gasteiger partial charge is 0.236 e. The van der Waals surface area contributed by atoms with Gasteiger partial charge in [0.2, 0.25) is 34.9 Å². The van der Waals surface area contributed by atoms with Crippen LogP contribution < -0.4 is 0 Å². The van der Waals surface area contributed by atoms with Gasteiger partial charge in [-0.3, -0.25) is 0 Å². The van der Waals surface area contributed by atoms with Gasteiger partial charge in [-0.25, -0.2) is 0 Å². The van der Waals surface area contributed by atoms with Crippen molar-refractivity contribution in [2.45, 2.75) is 0 Å². The van der Waals surface area contributed by atoms with Crippen molar-refractivity contribution >= 4 is 16.7 Å². The molecule has 0 aliphatic heterocycles. The Morgan fingerprint density at radius 2 is 0.500 bits per heavy atom. The van der Waals surface area contributed by atoms with E-state index < -0.39 is 69.1 Å². The summed E-state index contributed by atoms with van der Waals surface area (Å²) in [4.78, 5) is 33.9. The lowest BCUT2D eigenvalue weighted by Gasteiger charge is -1.98. The summed E-state index contributed by atoms with van der Waals surface area (Å²) in [5.41, 5.74) is -1.87. The third-order valence-electron chi connectivity index (χ3n) is 4.95. The fourth-order valence-electron chi connectivity index (χ4n) is 3.35. The molecule has 0 atom stereocenters.